The Morgan fingerprint density at radius 3 is 2.05 bits per heavy atom. The van der Waals surface area contributed by atoms with E-state index in [-0.39, 0.29) is 39.8 Å². The SMILES string of the molecule is C.C.C=CC1CN2CCC1CC2[C@@H](O)c1ccnc2ccc(OCC)cc12.CCC1CN2CCC1CC2[C@@H](O)c1cccc2ccc(OCOC)cc12.COc1cc(CNC(C)C(O)c2ccccc2)cc(C)c1OC. The van der Waals surface area contributed by atoms with Crippen molar-refractivity contribution in [3.05, 3.63) is 150 Å². The summed E-state index contributed by atoms with van der Waals surface area (Å²) >= 11 is 0. The van der Waals surface area contributed by atoms with Crippen molar-refractivity contribution in [2.75, 3.05) is 60.9 Å². The van der Waals surface area contributed by atoms with Crippen molar-refractivity contribution in [3.8, 4) is 23.0 Å². The minimum Gasteiger partial charge on any atom is -0.494 e. The number of fused-ring (bicyclic) bond motifs is 8. The van der Waals surface area contributed by atoms with Gasteiger partial charge < -0.3 is 44.3 Å². The molecule has 6 fully saturated rings. The summed E-state index contributed by atoms with van der Waals surface area (Å²) in [6.07, 6.45) is 8.27. The minimum atomic E-state index is -0.544. The Morgan fingerprint density at radius 2 is 1.42 bits per heavy atom. The van der Waals surface area contributed by atoms with E-state index in [1.165, 1.54) is 19.3 Å². The first-order valence-corrected chi connectivity index (χ1v) is 26.8. The molecular weight excluding hydrogens is 953 g/mol. The van der Waals surface area contributed by atoms with Gasteiger partial charge in [0.2, 0.25) is 0 Å². The molecule has 4 N–H and O–H groups in total. The van der Waals surface area contributed by atoms with Crippen LogP contribution in [0.4, 0.5) is 0 Å². The second kappa shape index (κ2) is 28.2. The highest BCUT2D eigenvalue weighted by atomic mass is 16.7. The van der Waals surface area contributed by atoms with Gasteiger partial charge in [-0.05, 0) is 164 Å². The summed E-state index contributed by atoms with van der Waals surface area (Å²) in [5.41, 5.74) is 5.90. The highest BCUT2D eigenvalue weighted by Gasteiger charge is 2.44. The molecule has 6 saturated heterocycles. The second-order valence-corrected chi connectivity index (χ2v) is 20.6. The predicted molar refractivity (Wildman–Crippen MR) is 308 cm³/mol. The summed E-state index contributed by atoms with van der Waals surface area (Å²) in [6.45, 7) is 18.1. The number of aromatic nitrogens is 1. The van der Waals surface area contributed by atoms with Crippen molar-refractivity contribution < 1.29 is 39.0 Å². The molecule has 12 nitrogen and oxygen atoms in total. The topological polar surface area (TPSA) is 138 Å². The molecule has 12 rings (SSSR count). The number of pyridine rings is 1. The number of piperidine rings is 6. The standard InChI is InChI=1S/C22H29NO3.C21H26N2O2.C19H25NO3.2CH4/c1-3-15-13-23-10-9-17(15)11-21(23)22(24)19-6-4-5-16-7-8-18(12-20(16)19)26-14-25-2;1-3-14-13-23-10-8-15(14)11-20(23)21(24)17-7-9-22-19-6-5-16(25-4-2)12-18(17)19;1-13-10-15(11-17(22-3)19(13)23-4)12-20-14(2)18(21)16-8-6-5-7-9-16;;/h4-8,12,15,17,21-22,24H,3,9-11,13-14H2,1-2H3;3,5-7,9,12,14-15,20-21,24H,1,4,8,10-11,13H2,2H3;5-11,14,18,20-21H,12H2,1-4H3;2*1H4/t15?,17?,21?,22-;14?,15?,20?,21-;;;/m00.../s1. The summed E-state index contributed by atoms with van der Waals surface area (Å²) in [5, 5.41) is 39.5. The van der Waals surface area contributed by atoms with Crippen LogP contribution in [0, 0.1) is 30.6 Å². The lowest BCUT2D eigenvalue weighted by atomic mass is 9.72. The summed E-state index contributed by atoms with van der Waals surface area (Å²) in [4.78, 5) is 9.41. The fourth-order valence-electron chi connectivity index (χ4n) is 12.2. The minimum absolute atomic E-state index is 0. The smallest absolute Gasteiger partial charge is 0.188 e. The summed E-state index contributed by atoms with van der Waals surface area (Å²) < 4.78 is 27.0. The maximum atomic E-state index is 11.3. The van der Waals surface area contributed by atoms with E-state index in [0.29, 0.717) is 25.0 Å². The van der Waals surface area contributed by atoms with Crippen LogP contribution < -0.4 is 24.3 Å². The molecule has 0 spiro atoms. The summed E-state index contributed by atoms with van der Waals surface area (Å²) in [5.74, 6) is 5.86. The van der Waals surface area contributed by atoms with E-state index in [2.05, 4.69) is 63.9 Å². The molecule has 10 unspecified atom stereocenters. The molecule has 0 amide bonds. The van der Waals surface area contributed by atoms with Crippen molar-refractivity contribution in [1.29, 1.82) is 0 Å². The van der Waals surface area contributed by atoms with Crippen LogP contribution >= 0.6 is 0 Å². The molecule has 6 aliphatic heterocycles. The maximum absolute atomic E-state index is 11.3. The van der Waals surface area contributed by atoms with Gasteiger partial charge in [0, 0.05) is 56.5 Å². The lowest BCUT2D eigenvalue weighted by molar-refractivity contribution is -0.0562. The molecule has 7 heterocycles. The third kappa shape index (κ3) is 13.7. The number of hydrogen-bond acceptors (Lipinski definition) is 12. The van der Waals surface area contributed by atoms with Crippen LogP contribution in [0.1, 0.15) is 114 Å². The number of rotatable bonds is 18. The van der Waals surface area contributed by atoms with Crippen molar-refractivity contribution in [2.45, 2.75) is 118 Å². The van der Waals surface area contributed by atoms with E-state index in [4.69, 9.17) is 23.7 Å². The van der Waals surface area contributed by atoms with E-state index >= 15 is 0 Å². The van der Waals surface area contributed by atoms with Crippen LogP contribution in [-0.2, 0) is 11.3 Å². The van der Waals surface area contributed by atoms with E-state index in [9.17, 15) is 15.3 Å². The normalized spacial score (nSPS) is 23.7. The largest absolute Gasteiger partial charge is 0.494 e. The summed E-state index contributed by atoms with van der Waals surface area (Å²) in [6, 6.07) is 34.1. The number of aliphatic hydroxyl groups excluding tert-OH is 3. The van der Waals surface area contributed by atoms with Crippen LogP contribution in [0.15, 0.2) is 122 Å². The first-order chi connectivity index (χ1) is 36.0. The lowest BCUT2D eigenvalue weighted by Crippen LogP contribution is -2.55. The highest BCUT2D eigenvalue weighted by molar-refractivity contribution is 5.87. The fraction of sp³-hybridized carbons (Fsp3) is 0.484. The van der Waals surface area contributed by atoms with Gasteiger partial charge in [0.25, 0.3) is 0 Å². The van der Waals surface area contributed by atoms with Crippen LogP contribution in [-0.4, -0.2) is 109 Å². The van der Waals surface area contributed by atoms with Gasteiger partial charge in [0.1, 0.15) is 11.5 Å². The molecular formula is C64H88N4O8. The Labute approximate surface area is 454 Å². The molecule has 6 aliphatic rings. The first-order valence-electron chi connectivity index (χ1n) is 26.8. The number of nitrogens with zero attached hydrogens (tertiary/aromatic N) is 3. The molecule has 0 aliphatic carbocycles. The van der Waals surface area contributed by atoms with E-state index in [1.807, 2.05) is 99.6 Å². The lowest BCUT2D eigenvalue weighted by Gasteiger charge is -2.51. The Bertz CT molecular complexity index is 2760. The molecule has 6 aromatic rings. The number of benzene rings is 5. The van der Waals surface area contributed by atoms with Gasteiger partial charge in [0.05, 0.1) is 44.7 Å². The number of aryl methyl sites for hydroxylation is 1. The predicted octanol–water partition coefficient (Wildman–Crippen LogP) is 12.0. The zero-order valence-corrected chi connectivity index (χ0v) is 44.7. The fourth-order valence-corrected chi connectivity index (χ4v) is 12.2. The molecule has 5 aromatic carbocycles. The Morgan fingerprint density at radius 1 is 0.750 bits per heavy atom. The molecule has 0 saturated carbocycles. The van der Waals surface area contributed by atoms with Crippen molar-refractivity contribution in [2.24, 2.45) is 23.7 Å². The van der Waals surface area contributed by atoms with Crippen LogP contribution in [0.2, 0.25) is 0 Å². The van der Waals surface area contributed by atoms with Crippen molar-refractivity contribution in [3.63, 3.8) is 0 Å². The van der Waals surface area contributed by atoms with E-state index in [1.54, 1.807) is 27.5 Å². The number of hydrogen-bond donors (Lipinski definition) is 4. The van der Waals surface area contributed by atoms with Gasteiger partial charge >= 0.3 is 0 Å². The monoisotopic (exact) mass is 1040 g/mol. The quantitative estimate of drug-likeness (QED) is 0.0482. The maximum Gasteiger partial charge on any atom is 0.188 e. The van der Waals surface area contributed by atoms with Crippen molar-refractivity contribution >= 4 is 21.7 Å². The third-order valence-electron chi connectivity index (χ3n) is 16.2. The third-order valence-corrected chi connectivity index (χ3v) is 16.2. The number of ether oxygens (including phenoxy) is 5. The molecule has 1 aromatic heterocycles. The number of methoxy groups -OCH3 is 3. The Hall–Kier alpha value is -5.57. The molecule has 76 heavy (non-hydrogen) atoms. The van der Waals surface area contributed by atoms with Gasteiger partial charge in [-0.2, -0.15) is 0 Å². The number of nitrogens with one attached hydrogen (secondary N) is 1. The molecule has 4 bridgehead atoms. The summed E-state index contributed by atoms with van der Waals surface area (Å²) in [7, 11) is 4.89. The van der Waals surface area contributed by atoms with E-state index < -0.39 is 18.3 Å². The van der Waals surface area contributed by atoms with Crippen LogP contribution in [0.25, 0.3) is 21.7 Å². The van der Waals surface area contributed by atoms with Gasteiger partial charge in [-0.25, -0.2) is 0 Å². The molecule has 12 atom stereocenters. The average Bonchev–Trinajstić information content (AvgIpc) is 3.45. The molecule has 12 heteroatoms. The zero-order chi connectivity index (χ0) is 52.3. The van der Waals surface area contributed by atoms with Crippen LogP contribution in [0.3, 0.4) is 0 Å². The average molecular weight is 1040 g/mol. The zero-order valence-electron chi connectivity index (χ0n) is 44.7. The number of aliphatic hydroxyl groups is 3. The van der Waals surface area contributed by atoms with Crippen molar-refractivity contribution in [1.82, 2.24) is 20.1 Å². The molecule has 0 radical (unpaired) electrons. The first kappa shape index (κ1) is 59.7. The van der Waals surface area contributed by atoms with E-state index in [0.717, 1.165) is 123 Å². The molecule has 412 valence electrons. The van der Waals surface area contributed by atoms with Gasteiger partial charge in [-0.1, -0.05) is 94.9 Å². The van der Waals surface area contributed by atoms with Gasteiger partial charge in [0.15, 0.2) is 18.3 Å². The van der Waals surface area contributed by atoms with Gasteiger partial charge in [-0.3, -0.25) is 14.8 Å². The Balaban J connectivity index is 0.000000183. The van der Waals surface area contributed by atoms with Crippen LogP contribution in [0.5, 0.6) is 23.0 Å². The highest BCUT2D eigenvalue weighted by Crippen LogP contribution is 2.44. The Kier molecular flexibility index (Phi) is 22.1. The second-order valence-electron chi connectivity index (χ2n) is 20.6. The van der Waals surface area contributed by atoms with Gasteiger partial charge in [-0.15, -0.1) is 6.58 Å².